The molecule has 0 saturated carbocycles. The maximum atomic E-state index is 13.4. The van der Waals surface area contributed by atoms with Gasteiger partial charge in [0, 0.05) is 30.9 Å². The van der Waals surface area contributed by atoms with Gasteiger partial charge in [0.2, 0.25) is 11.6 Å². The maximum absolute atomic E-state index is 13.4. The van der Waals surface area contributed by atoms with Crippen LogP contribution in [0.5, 0.6) is 0 Å². The van der Waals surface area contributed by atoms with Gasteiger partial charge in [-0.15, -0.1) is 0 Å². The van der Waals surface area contributed by atoms with Gasteiger partial charge in [0.05, 0.1) is 11.3 Å². The molecular weight excluding hydrogens is 390 g/mol. The molecule has 1 heterocycles. The van der Waals surface area contributed by atoms with Crippen LogP contribution in [0.25, 0.3) is 0 Å². The number of rotatable bonds is 9. The van der Waals surface area contributed by atoms with Crippen molar-refractivity contribution >= 4 is 23.2 Å². The largest absolute Gasteiger partial charge is 0.344 e. The van der Waals surface area contributed by atoms with Crippen LogP contribution in [0.4, 0.5) is 14.5 Å². The number of nitrogens with one attached hydrogen (secondary N) is 1. The Labute approximate surface area is 175 Å². The van der Waals surface area contributed by atoms with E-state index < -0.39 is 29.1 Å². The maximum Gasteiger partial charge on any atom is 0.257 e. The van der Waals surface area contributed by atoms with Crippen LogP contribution in [0, 0.1) is 31.4 Å². The molecule has 0 bridgehead atoms. The molecule has 5 nitrogen and oxygen atoms in total. The number of carbonyl (C=O) groups excluding carboxylic acids is 3. The van der Waals surface area contributed by atoms with Gasteiger partial charge in [-0.2, -0.15) is 0 Å². The zero-order valence-electron chi connectivity index (χ0n) is 18.1. The van der Waals surface area contributed by atoms with Crippen molar-refractivity contribution in [1.29, 1.82) is 0 Å². The van der Waals surface area contributed by atoms with Crippen LogP contribution in [0.3, 0.4) is 0 Å². The Balaban J connectivity index is 2.21. The van der Waals surface area contributed by atoms with Crippen molar-refractivity contribution in [3.05, 3.63) is 52.3 Å². The fourth-order valence-electron chi connectivity index (χ4n) is 3.49. The van der Waals surface area contributed by atoms with Crippen LogP contribution < -0.4 is 5.32 Å². The van der Waals surface area contributed by atoms with Crippen LogP contribution in [0.2, 0.25) is 0 Å². The molecule has 0 aliphatic rings. The molecule has 0 atom stereocenters. The van der Waals surface area contributed by atoms with E-state index in [1.54, 1.807) is 20.9 Å². The average molecular weight is 418 g/mol. The predicted octanol–water partition coefficient (Wildman–Crippen LogP) is 5.14. The Bertz CT molecular complexity index is 977. The van der Waals surface area contributed by atoms with Crippen molar-refractivity contribution in [1.82, 2.24) is 4.57 Å². The molecule has 0 fully saturated rings. The lowest BCUT2D eigenvalue weighted by Gasteiger charge is -2.07. The highest BCUT2D eigenvalue weighted by Crippen LogP contribution is 2.24. The summed E-state index contributed by atoms with van der Waals surface area (Å²) in [5, 5.41) is 2.51. The normalized spacial score (nSPS) is 11.1. The Hall–Kier alpha value is -2.83. The number of nitrogens with zero attached hydrogens (tertiary/aromatic N) is 1. The first-order chi connectivity index (χ1) is 14.0. The first kappa shape index (κ1) is 23.4. The summed E-state index contributed by atoms with van der Waals surface area (Å²) < 4.78 is 28.0. The summed E-state index contributed by atoms with van der Waals surface area (Å²) in [6, 6.07) is 3.05. The number of Topliss-reactive ketones (excluding diaryl/α,β-unsaturated/α-hetero) is 2. The third kappa shape index (κ3) is 5.20. The van der Waals surface area contributed by atoms with Crippen LogP contribution in [-0.2, 0) is 11.8 Å². The Morgan fingerprint density at radius 1 is 1.07 bits per heavy atom. The lowest BCUT2D eigenvalue weighted by Crippen LogP contribution is -2.18. The molecule has 1 aromatic heterocycles. The molecule has 2 aromatic rings. The number of aromatic nitrogens is 1. The van der Waals surface area contributed by atoms with Gasteiger partial charge >= 0.3 is 0 Å². The summed E-state index contributed by atoms with van der Waals surface area (Å²) in [6.45, 7) is 7.48. The predicted molar refractivity (Wildman–Crippen MR) is 112 cm³/mol. The summed E-state index contributed by atoms with van der Waals surface area (Å²) in [6.07, 6.45) is 2.70. The number of halogens is 2. The van der Waals surface area contributed by atoms with Crippen molar-refractivity contribution < 1.29 is 23.2 Å². The summed E-state index contributed by atoms with van der Waals surface area (Å²) in [5.74, 6) is -3.20. The molecule has 0 radical (unpaired) electrons. The molecule has 2 rings (SSSR count). The molecule has 0 aliphatic heterocycles. The molecule has 0 unspecified atom stereocenters. The molecular formula is C23H28F2N2O3. The topological polar surface area (TPSA) is 68.2 Å². The number of ketones is 2. The molecule has 1 aromatic carbocycles. The number of amides is 1. The van der Waals surface area contributed by atoms with E-state index in [2.05, 4.69) is 19.2 Å². The highest BCUT2D eigenvalue weighted by molar-refractivity contribution is 6.43. The van der Waals surface area contributed by atoms with E-state index in [1.807, 2.05) is 0 Å². The van der Waals surface area contributed by atoms with Gasteiger partial charge in [-0.3, -0.25) is 14.4 Å². The molecule has 7 heteroatoms. The molecule has 0 saturated heterocycles. The summed E-state index contributed by atoms with van der Waals surface area (Å²) in [4.78, 5) is 37.9. The van der Waals surface area contributed by atoms with E-state index in [4.69, 9.17) is 0 Å². The Kier molecular flexibility index (Phi) is 7.65. The molecule has 1 amide bonds. The smallest absolute Gasteiger partial charge is 0.257 e. The second-order valence-electron chi connectivity index (χ2n) is 7.97. The summed E-state index contributed by atoms with van der Waals surface area (Å²) >= 11 is 0. The first-order valence-corrected chi connectivity index (χ1v) is 10.0. The fraction of sp³-hybridized carbons (Fsp3) is 0.435. The van der Waals surface area contributed by atoms with E-state index in [9.17, 15) is 23.2 Å². The third-order valence-corrected chi connectivity index (χ3v) is 5.24. The van der Waals surface area contributed by atoms with Crippen LogP contribution in [0.1, 0.15) is 71.6 Å². The van der Waals surface area contributed by atoms with Crippen molar-refractivity contribution in [2.24, 2.45) is 13.0 Å². The van der Waals surface area contributed by atoms with Crippen molar-refractivity contribution in [3.63, 3.8) is 0 Å². The monoisotopic (exact) mass is 418 g/mol. The van der Waals surface area contributed by atoms with Crippen molar-refractivity contribution in [2.75, 3.05) is 5.32 Å². The van der Waals surface area contributed by atoms with Crippen LogP contribution >= 0.6 is 0 Å². The van der Waals surface area contributed by atoms with Gasteiger partial charge in [0.1, 0.15) is 0 Å². The standard InChI is InChI=1S/C23H28F2N2O3/c1-13(2)8-6-7-9-19(28)22(29)21-14(3)20(15(4)27(21)5)23(30)26-16-10-11-17(24)18(25)12-16/h10-13H,6-9H2,1-5H3,(H,26,30). The van der Waals surface area contributed by atoms with Gasteiger partial charge in [-0.25, -0.2) is 8.78 Å². The minimum Gasteiger partial charge on any atom is -0.344 e. The van der Waals surface area contributed by atoms with Gasteiger partial charge < -0.3 is 9.88 Å². The van der Waals surface area contributed by atoms with Gasteiger partial charge in [-0.1, -0.05) is 26.7 Å². The molecule has 0 aliphatic carbocycles. The Morgan fingerprint density at radius 3 is 2.33 bits per heavy atom. The first-order valence-electron chi connectivity index (χ1n) is 10.0. The highest BCUT2D eigenvalue weighted by atomic mass is 19.2. The number of carbonyl (C=O) groups is 3. The van der Waals surface area contributed by atoms with Gasteiger partial charge in [0.15, 0.2) is 11.6 Å². The summed E-state index contributed by atoms with van der Waals surface area (Å²) in [7, 11) is 1.62. The minimum atomic E-state index is -1.08. The van der Waals surface area contributed by atoms with E-state index in [1.165, 1.54) is 10.6 Å². The number of hydrogen-bond donors (Lipinski definition) is 1. The van der Waals surface area contributed by atoms with Crippen LogP contribution in [0.15, 0.2) is 18.2 Å². The van der Waals surface area contributed by atoms with E-state index in [0.29, 0.717) is 23.6 Å². The molecule has 1 N–H and O–H groups in total. The fourth-order valence-corrected chi connectivity index (χ4v) is 3.49. The zero-order valence-corrected chi connectivity index (χ0v) is 18.1. The minimum absolute atomic E-state index is 0.0932. The van der Waals surface area contributed by atoms with Crippen molar-refractivity contribution in [3.8, 4) is 0 Å². The SMILES string of the molecule is Cc1c(C(=O)Nc2ccc(F)c(F)c2)c(C)n(C)c1C(=O)C(=O)CCCCC(C)C. The second kappa shape index (κ2) is 9.78. The molecule has 30 heavy (non-hydrogen) atoms. The van der Waals surface area contributed by atoms with Crippen LogP contribution in [-0.4, -0.2) is 22.0 Å². The van der Waals surface area contributed by atoms with Gasteiger partial charge in [-0.05, 0) is 43.9 Å². The second-order valence-corrected chi connectivity index (χ2v) is 7.97. The van der Waals surface area contributed by atoms with Gasteiger partial charge in [0.25, 0.3) is 5.91 Å². The van der Waals surface area contributed by atoms with E-state index in [-0.39, 0.29) is 23.4 Å². The number of hydrogen-bond acceptors (Lipinski definition) is 3. The number of anilines is 1. The lowest BCUT2D eigenvalue weighted by atomic mass is 10.0. The molecule has 0 spiro atoms. The van der Waals surface area contributed by atoms with E-state index >= 15 is 0 Å². The quantitative estimate of drug-likeness (QED) is 0.348. The highest BCUT2D eigenvalue weighted by Gasteiger charge is 2.28. The zero-order chi connectivity index (χ0) is 22.6. The number of unbranched alkanes of at least 4 members (excludes halogenated alkanes) is 1. The van der Waals surface area contributed by atoms with Crippen molar-refractivity contribution in [2.45, 2.75) is 53.4 Å². The van der Waals surface area contributed by atoms with E-state index in [0.717, 1.165) is 25.0 Å². The lowest BCUT2D eigenvalue weighted by molar-refractivity contribution is -0.115. The summed E-state index contributed by atoms with van der Waals surface area (Å²) in [5.41, 5.74) is 1.39. The third-order valence-electron chi connectivity index (χ3n) is 5.24. The molecule has 162 valence electrons. The Morgan fingerprint density at radius 2 is 1.73 bits per heavy atom. The number of benzene rings is 1. The average Bonchev–Trinajstić information content (AvgIpc) is 2.89.